The number of carbonyl (C=O) groups is 1. The summed E-state index contributed by atoms with van der Waals surface area (Å²) in [7, 11) is -3.19. The molecule has 0 aromatic heterocycles. The van der Waals surface area contributed by atoms with Gasteiger partial charge < -0.3 is 11.1 Å². The van der Waals surface area contributed by atoms with Gasteiger partial charge in [0.15, 0.2) is 0 Å². The lowest BCUT2D eigenvalue weighted by Crippen LogP contribution is -2.55. The van der Waals surface area contributed by atoms with E-state index in [1.807, 2.05) is 0 Å². The summed E-state index contributed by atoms with van der Waals surface area (Å²) in [6.07, 6.45) is 5.58. The Morgan fingerprint density at radius 3 is 2.28 bits per heavy atom. The predicted molar refractivity (Wildman–Crippen MR) is 73.1 cm³/mol. The van der Waals surface area contributed by atoms with Crippen LogP contribution in [0.1, 0.15) is 32.1 Å². The van der Waals surface area contributed by atoms with E-state index in [4.69, 9.17) is 5.73 Å². The third-order valence-corrected chi connectivity index (χ3v) is 3.70. The first kappa shape index (κ1) is 17.6. The smallest absolute Gasteiger partial charge is 0.240 e. The molecule has 18 heavy (non-hydrogen) atoms. The number of hydrogen-bond donors (Lipinski definition) is 3. The topological polar surface area (TPSA) is 101 Å². The van der Waals surface area contributed by atoms with E-state index in [1.165, 1.54) is 0 Å². The van der Waals surface area contributed by atoms with Gasteiger partial charge in [-0.05, 0) is 12.8 Å². The highest BCUT2D eigenvalue weighted by atomic mass is 35.5. The highest BCUT2D eigenvalue weighted by molar-refractivity contribution is 7.88. The van der Waals surface area contributed by atoms with E-state index < -0.39 is 15.6 Å². The first-order valence-corrected chi connectivity index (χ1v) is 7.74. The van der Waals surface area contributed by atoms with E-state index in [2.05, 4.69) is 10.0 Å². The maximum Gasteiger partial charge on any atom is 0.240 e. The standard InChI is InChI=1S/C10H21N3O3S.ClH/c1-17(15,16)13-8-7-12-9(14)10(11)5-3-2-4-6-10;/h13H,2-8,11H2,1H3,(H,12,14);1H. The Bertz CT molecular complexity index is 367. The third kappa shape index (κ3) is 5.99. The molecule has 0 heterocycles. The zero-order chi connectivity index (χ0) is 12.9. The van der Waals surface area contributed by atoms with Crippen molar-refractivity contribution in [1.29, 1.82) is 0 Å². The fraction of sp³-hybridized carbons (Fsp3) is 0.900. The number of carbonyl (C=O) groups excluding carboxylic acids is 1. The first-order valence-electron chi connectivity index (χ1n) is 5.85. The van der Waals surface area contributed by atoms with Crippen LogP contribution in [0.5, 0.6) is 0 Å². The SMILES string of the molecule is CS(=O)(=O)NCCNC(=O)C1(N)CCCCC1.Cl. The van der Waals surface area contributed by atoms with Crippen molar-refractivity contribution in [3.05, 3.63) is 0 Å². The monoisotopic (exact) mass is 299 g/mol. The molecule has 0 saturated heterocycles. The van der Waals surface area contributed by atoms with Crippen LogP contribution in [0, 0.1) is 0 Å². The highest BCUT2D eigenvalue weighted by Gasteiger charge is 2.34. The average molecular weight is 300 g/mol. The van der Waals surface area contributed by atoms with Gasteiger partial charge in [-0.1, -0.05) is 19.3 Å². The Hall–Kier alpha value is -0.370. The van der Waals surface area contributed by atoms with Crippen LogP contribution in [0.2, 0.25) is 0 Å². The molecule has 8 heteroatoms. The van der Waals surface area contributed by atoms with Gasteiger partial charge in [-0.15, -0.1) is 12.4 Å². The number of rotatable bonds is 5. The Balaban J connectivity index is 0.00000289. The van der Waals surface area contributed by atoms with Crippen LogP contribution in [0.3, 0.4) is 0 Å². The van der Waals surface area contributed by atoms with Gasteiger partial charge in [0, 0.05) is 13.1 Å². The second kappa shape index (κ2) is 7.28. The lowest BCUT2D eigenvalue weighted by Gasteiger charge is -2.31. The van der Waals surface area contributed by atoms with Crippen molar-refractivity contribution in [2.75, 3.05) is 19.3 Å². The minimum absolute atomic E-state index is 0. The molecule has 0 unspecified atom stereocenters. The van der Waals surface area contributed by atoms with Gasteiger partial charge in [-0.2, -0.15) is 0 Å². The molecule has 0 aromatic rings. The Kier molecular flexibility index (Phi) is 7.13. The minimum Gasteiger partial charge on any atom is -0.353 e. The van der Waals surface area contributed by atoms with Crippen molar-refractivity contribution in [2.24, 2.45) is 5.73 Å². The molecule has 0 aromatic carbocycles. The van der Waals surface area contributed by atoms with Gasteiger partial charge in [0.2, 0.25) is 15.9 Å². The summed E-state index contributed by atoms with van der Waals surface area (Å²) in [5.74, 6) is -0.174. The quantitative estimate of drug-likeness (QED) is 0.609. The van der Waals surface area contributed by atoms with E-state index in [9.17, 15) is 13.2 Å². The van der Waals surface area contributed by atoms with Crippen LogP contribution in [-0.4, -0.2) is 39.2 Å². The summed E-state index contributed by atoms with van der Waals surface area (Å²) in [6, 6.07) is 0. The van der Waals surface area contributed by atoms with Crippen LogP contribution >= 0.6 is 12.4 Å². The van der Waals surface area contributed by atoms with Crippen molar-refractivity contribution in [1.82, 2.24) is 10.0 Å². The van der Waals surface area contributed by atoms with Crippen molar-refractivity contribution in [3.63, 3.8) is 0 Å². The summed E-state index contributed by atoms with van der Waals surface area (Å²) in [5, 5.41) is 2.67. The van der Waals surface area contributed by atoms with E-state index in [0.29, 0.717) is 12.8 Å². The van der Waals surface area contributed by atoms with E-state index in [1.54, 1.807) is 0 Å². The lowest BCUT2D eigenvalue weighted by molar-refractivity contribution is -0.127. The average Bonchev–Trinajstić information content (AvgIpc) is 2.24. The highest BCUT2D eigenvalue weighted by Crippen LogP contribution is 2.25. The summed E-state index contributed by atoms with van der Waals surface area (Å²) in [5.41, 5.74) is 5.26. The maximum absolute atomic E-state index is 11.8. The molecule has 0 aliphatic heterocycles. The van der Waals surface area contributed by atoms with E-state index >= 15 is 0 Å². The Morgan fingerprint density at radius 2 is 1.78 bits per heavy atom. The van der Waals surface area contributed by atoms with Gasteiger partial charge in [-0.25, -0.2) is 13.1 Å². The fourth-order valence-corrected chi connectivity index (χ4v) is 2.47. The number of amides is 1. The predicted octanol–water partition coefficient (Wildman–Crippen LogP) is -0.265. The van der Waals surface area contributed by atoms with Gasteiger partial charge in [-0.3, -0.25) is 4.79 Å². The molecule has 0 radical (unpaired) electrons. The van der Waals surface area contributed by atoms with Crippen molar-refractivity contribution >= 4 is 28.3 Å². The number of nitrogens with two attached hydrogens (primary N) is 1. The van der Waals surface area contributed by atoms with Crippen LogP contribution in [0.25, 0.3) is 0 Å². The van der Waals surface area contributed by atoms with Gasteiger partial charge in [0.1, 0.15) is 0 Å². The lowest BCUT2D eigenvalue weighted by atomic mass is 9.82. The van der Waals surface area contributed by atoms with Crippen molar-refractivity contribution < 1.29 is 13.2 Å². The van der Waals surface area contributed by atoms with Gasteiger partial charge in [0.05, 0.1) is 11.8 Å². The summed E-state index contributed by atoms with van der Waals surface area (Å²) >= 11 is 0. The zero-order valence-electron chi connectivity index (χ0n) is 10.6. The third-order valence-electron chi connectivity index (χ3n) is 2.97. The number of nitrogens with one attached hydrogen (secondary N) is 2. The zero-order valence-corrected chi connectivity index (χ0v) is 12.2. The van der Waals surface area contributed by atoms with Crippen LogP contribution < -0.4 is 15.8 Å². The molecule has 108 valence electrons. The van der Waals surface area contributed by atoms with Crippen LogP contribution in [0.15, 0.2) is 0 Å². The molecule has 0 spiro atoms. The first-order chi connectivity index (χ1) is 7.83. The Morgan fingerprint density at radius 1 is 1.22 bits per heavy atom. The molecule has 1 amide bonds. The van der Waals surface area contributed by atoms with Crippen molar-refractivity contribution in [3.8, 4) is 0 Å². The van der Waals surface area contributed by atoms with Crippen LogP contribution in [0.4, 0.5) is 0 Å². The normalized spacial score (nSPS) is 18.8. The molecule has 1 aliphatic carbocycles. The molecule has 0 bridgehead atoms. The molecule has 1 aliphatic rings. The molecule has 0 atom stereocenters. The number of halogens is 1. The van der Waals surface area contributed by atoms with Crippen molar-refractivity contribution in [2.45, 2.75) is 37.6 Å². The van der Waals surface area contributed by atoms with E-state index in [0.717, 1.165) is 25.5 Å². The molecular weight excluding hydrogens is 278 g/mol. The van der Waals surface area contributed by atoms with E-state index in [-0.39, 0.29) is 31.4 Å². The number of hydrogen-bond acceptors (Lipinski definition) is 4. The summed E-state index contributed by atoms with van der Waals surface area (Å²) < 4.78 is 23.9. The molecule has 4 N–H and O–H groups in total. The minimum atomic E-state index is -3.19. The van der Waals surface area contributed by atoms with Gasteiger partial charge in [0.25, 0.3) is 0 Å². The molecular formula is C10H22ClN3O3S. The number of sulfonamides is 1. The molecule has 1 fully saturated rings. The van der Waals surface area contributed by atoms with Crippen LogP contribution in [-0.2, 0) is 14.8 Å². The molecule has 1 saturated carbocycles. The Labute approximate surface area is 115 Å². The largest absolute Gasteiger partial charge is 0.353 e. The maximum atomic E-state index is 11.8. The molecule has 1 rings (SSSR count). The fourth-order valence-electron chi connectivity index (χ4n) is 2.00. The van der Waals surface area contributed by atoms with Gasteiger partial charge >= 0.3 is 0 Å². The molecule has 6 nitrogen and oxygen atoms in total. The summed E-state index contributed by atoms with van der Waals surface area (Å²) in [6.45, 7) is 0.464. The summed E-state index contributed by atoms with van der Waals surface area (Å²) in [4.78, 5) is 11.8. The second-order valence-corrected chi connectivity index (χ2v) is 6.47. The second-order valence-electron chi connectivity index (χ2n) is 4.64.